The van der Waals surface area contributed by atoms with E-state index in [2.05, 4.69) is 26.2 Å². The Kier molecular flexibility index (Phi) is 2.99. The standard InChI is InChI=1S/C18H31N/c1-10-4-5-14(8-11(10)2)18(19-3)17-15-12-6-7-13(9-12)16(15)17/h10-19H,4-9H2,1-3H3. The Balaban J connectivity index is 1.45. The van der Waals surface area contributed by atoms with Crippen molar-refractivity contribution in [3.8, 4) is 0 Å². The Hall–Kier alpha value is -0.0400. The summed E-state index contributed by atoms with van der Waals surface area (Å²) in [4.78, 5) is 0. The van der Waals surface area contributed by atoms with Gasteiger partial charge >= 0.3 is 0 Å². The maximum Gasteiger partial charge on any atom is 0.0126 e. The second-order valence-corrected chi connectivity index (χ2v) is 8.41. The normalized spacial score (nSPS) is 57.0. The van der Waals surface area contributed by atoms with Gasteiger partial charge in [0.05, 0.1) is 0 Å². The van der Waals surface area contributed by atoms with Crippen molar-refractivity contribution in [1.82, 2.24) is 5.32 Å². The van der Waals surface area contributed by atoms with Gasteiger partial charge in [0.15, 0.2) is 0 Å². The van der Waals surface area contributed by atoms with E-state index in [1.54, 1.807) is 19.3 Å². The first-order chi connectivity index (χ1) is 9.20. The van der Waals surface area contributed by atoms with Gasteiger partial charge in [-0.25, -0.2) is 0 Å². The molecular weight excluding hydrogens is 230 g/mol. The van der Waals surface area contributed by atoms with E-state index in [1.165, 1.54) is 19.3 Å². The number of fused-ring (bicyclic) bond motifs is 5. The van der Waals surface area contributed by atoms with Crippen LogP contribution < -0.4 is 5.32 Å². The lowest BCUT2D eigenvalue weighted by Gasteiger charge is -2.37. The van der Waals surface area contributed by atoms with Gasteiger partial charge in [0, 0.05) is 6.04 Å². The van der Waals surface area contributed by atoms with Crippen molar-refractivity contribution in [2.75, 3.05) is 7.05 Å². The lowest BCUT2D eigenvalue weighted by molar-refractivity contribution is 0.154. The Morgan fingerprint density at radius 1 is 0.842 bits per heavy atom. The molecule has 4 aliphatic rings. The third kappa shape index (κ3) is 1.83. The molecule has 19 heavy (non-hydrogen) atoms. The van der Waals surface area contributed by atoms with E-state index in [1.807, 2.05) is 0 Å². The Bertz CT molecular complexity index is 336. The minimum absolute atomic E-state index is 0.855. The summed E-state index contributed by atoms with van der Waals surface area (Å²) < 4.78 is 0. The number of rotatable bonds is 3. The van der Waals surface area contributed by atoms with E-state index in [9.17, 15) is 0 Å². The zero-order chi connectivity index (χ0) is 13.1. The van der Waals surface area contributed by atoms with Crippen LogP contribution in [0.5, 0.6) is 0 Å². The van der Waals surface area contributed by atoms with Crippen molar-refractivity contribution in [3.05, 3.63) is 0 Å². The van der Waals surface area contributed by atoms with Crippen LogP contribution in [-0.2, 0) is 0 Å². The van der Waals surface area contributed by atoms with Gasteiger partial charge in [-0.15, -0.1) is 0 Å². The predicted molar refractivity (Wildman–Crippen MR) is 79.8 cm³/mol. The summed E-state index contributed by atoms with van der Waals surface area (Å²) >= 11 is 0. The largest absolute Gasteiger partial charge is 0.316 e. The molecule has 1 nitrogen and oxygen atoms in total. The molecular formula is C18H31N. The minimum Gasteiger partial charge on any atom is -0.316 e. The first-order valence-electron chi connectivity index (χ1n) is 8.88. The van der Waals surface area contributed by atoms with Gasteiger partial charge in [-0.2, -0.15) is 0 Å². The summed E-state index contributed by atoms with van der Waals surface area (Å²) in [6.07, 6.45) is 9.17. The molecule has 0 saturated heterocycles. The number of hydrogen-bond donors (Lipinski definition) is 1. The summed E-state index contributed by atoms with van der Waals surface area (Å²) in [5, 5.41) is 3.77. The SMILES string of the molecule is CNC(C1CCC(C)C(C)C1)C1C2C3CCC(C3)C21. The van der Waals surface area contributed by atoms with Crippen molar-refractivity contribution in [3.63, 3.8) is 0 Å². The molecule has 0 radical (unpaired) electrons. The molecule has 0 aromatic heterocycles. The summed E-state index contributed by atoms with van der Waals surface area (Å²) in [5.41, 5.74) is 0. The maximum absolute atomic E-state index is 3.77. The van der Waals surface area contributed by atoms with Crippen molar-refractivity contribution in [1.29, 1.82) is 0 Å². The van der Waals surface area contributed by atoms with Gasteiger partial charge in [-0.1, -0.05) is 20.3 Å². The van der Waals surface area contributed by atoms with E-state index >= 15 is 0 Å². The molecule has 0 heterocycles. The van der Waals surface area contributed by atoms with Crippen LogP contribution >= 0.6 is 0 Å². The van der Waals surface area contributed by atoms with E-state index in [-0.39, 0.29) is 0 Å². The molecule has 0 spiro atoms. The third-order valence-electron chi connectivity index (χ3n) is 7.69. The molecule has 0 aromatic carbocycles. The second kappa shape index (κ2) is 4.48. The number of hydrogen-bond acceptors (Lipinski definition) is 1. The van der Waals surface area contributed by atoms with Crippen LogP contribution in [0.1, 0.15) is 52.4 Å². The molecule has 0 amide bonds. The monoisotopic (exact) mass is 261 g/mol. The quantitative estimate of drug-likeness (QED) is 0.811. The fraction of sp³-hybridized carbons (Fsp3) is 1.00. The lowest BCUT2D eigenvalue weighted by atomic mass is 9.71. The molecule has 1 heteroatoms. The van der Waals surface area contributed by atoms with Crippen molar-refractivity contribution < 1.29 is 0 Å². The average Bonchev–Trinajstić information content (AvgIpc) is 2.82. The van der Waals surface area contributed by atoms with Gasteiger partial charge in [0.2, 0.25) is 0 Å². The van der Waals surface area contributed by atoms with Crippen LogP contribution in [0.25, 0.3) is 0 Å². The van der Waals surface area contributed by atoms with Crippen LogP contribution in [0, 0.1) is 47.3 Å². The van der Waals surface area contributed by atoms with Gasteiger partial charge in [-0.3, -0.25) is 0 Å². The van der Waals surface area contributed by atoms with Crippen LogP contribution in [0.4, 0.5) is 0 Å². The van der Waals surface area contributed by atoms with E-state index in [4.69, 9.17) is 0 Å². The Morgan fingerprint density at radius 3 is 2.11 bits per heavy atom. The Morgan fingerprint density at radius 2 is 1.53 bits per heavy atom. The first kappa shape index (κ1) is 12.7. The van der Waals surface area contributed by atoms with Crippen LogP contribution in [0.3, 0.4) is 0 Å². The molecule has 4 aliphatic carbocycles. The molecule has 8 unspecified atom stereocenters. The van der Waals surface area contributed by atoms with Crippen LogP contribution in [0.2, 0.25) is 0 Å². The van der Waals surface area contributed by atoms with Crippen LogP contribution in [-0.4, -0.2) is 13.1 Å². The highest BCUT2D eigenvalue weighted by atomic mass is 14.9. The molecule has 4 fully saturated rings. The summed E-state index contributed by atoms with van der Waals surface area (Å²) in [6.45, 7) is 4.95. The highest BCUT2D eigenvalue weighted by molar-refractivity contribution is 5.16. The average molecular weight is 261 g/mol. The van der Waals surface area contributed by atoms with E-state index in [0.29, 0.717) is 0 Å². The molecule has 4 saturated carbocycles. The van der Waals surface area contributed by atoms with E-state index in [0.717, 1.165) is 53.4 Å². The van der Waals surface area contributed by atoms with Crippen molar-refractivity contribution in [2.24, 2.45) is 47.3 Å². The van der Waals surface area contributed by atoms with Crippen molar-refractivity contribution >= 4 is 0 Å². The zero-order valence-electron chi connectivity index (χ0n) is 12.9. The van der Waals surface area contributed by atoms with Gasteiger partial charge in [-0.05, 0) is 86.5 Å². The molecule has 8 atom stereocenters. The minimum atomic E-state index is 0.855. The summed E-state index contributed by atoms with van der Waals surface area (Å²) in [6, 6.07) is 0.855. The predicted octanol–water partition coefficient (Wildman–Crippen LogP) is 3.94. The number of nitrogens with one attached hydrogen (secondary N) is 1. The fourth-order valence-electron chi connectivity index (χ4n) is 6.53. The topological polar surface area (TPSA) is 12.0 Å². The zero-order valence-corrected chi connectivity index (χ0v) is 12.9. The molecule has 4 rings (SSSR count). The molecule has 1 N–H and O–H groups in total. The second-order valence-electron chi connectivity index (χ2n) is 8.41. The van der Waals surface area contributed by atoms with Crippen LogP contribution in [0.15, 0.2) is 0 Å². The smallest absolute Gasteiger partial charge is 0.0126 e. The molecule has 108 valence electrons. The first-order valence-corrected chi connectivity index (χ1v) is 8.88. The lowest BCUT2D eigenvalue weighted by Crippen LogP contribution is -2.40. The fourth-order valence-corrected chi connectivity index (χ4v) is 6.53. The van der Waals surface area contributed by atoms with Gasteiger partial charge < -0.3 is 5.32 Å². The molecule has 0 aromatic rings. The molecule has 2 bridgehead atoms. The summed E-state index contributed by atoms with van der Waals surface area (Å²) in [7, 11) is 2.24. The Labute approximate surface area is 118 Å². The maximum atomic E-state index is 3.77. The highest BCUT2D eigenvalue weighted by Crippen LogP contribution is 2.71. The van der Waals surface area contributed by atoms with E-state index < -0.39 is 0 Å². The van der Waals surface area contributed by atoms with Crippen molar-refractivity contribution in [2.45, 2.75) is 58.4 Å². The van der Waals surface area contributed by atoms with Gasteiger partial charge in [0.1, 0.15) is 0 Å². The summed E-state index contributed by atoms with van der Waals surface area (Å²) in [5.74, 6) is 8.52. The third-order valence-corrected chi connectivity index (χ3v) is 7.69. The highest BCUT2D eigenvalue weighted by Gasteiger charge is 2.67. The van der Waals surface area contributed by atoms with Gasteiger partial charge in [0.25, 0.3) is 0 Å². The molecule has 0 aliphatic heterocycles.